The first kappa shape index (κ1) is 15.3. The first-order chi connectivity index (χ1) is 6.25. The Kier molecular flexibility index (Phi) is 9.28. The van der Waals surface area contributed by atoms with E-state index in [0.717, 1.165) is 5.92 Å². The van der Waals surface area contributed by atoms with Crippen molar-refractivity contribution < 1.29 is 14.8 Å². The predicted molar refractivity (Wildman–Crippen MR) is 53.8 cm³/mol. The van der Waals surface area contributed by atoms with Crippen molar-refractivity contribution in [1.82, 2.24) is 0 Å². The molecule has 0 rings (SSSR count). The molecule has 0 unspecified atom stereocenters. The van der Waals surface area contributed by atoms with Gasteiger partial charge in [-0.2, -0.15) is 0 Å². The molecule has 0 spiro atoms. The highest BCUT2D eigenvalue weighted by Gasteiger charge is 2.12. The molecule has 5 nitrogen and oxygen atoms in total. The Balaban J connectivity index is 0. The summed E-state index contributed by atoms with van der Waals surface area (Å²) in [6.45, 7) is 7.77. The molecule has 0 aromatic rings. The molecule has 0 saturated carbocycles. The van der Waals surface area contributed by atoms with E-state index < -0.39 is 10.9 Å². The van der Waals surface area contributed by atoms with E-state index in [-0.39, 0.29) is 18.9 Å². The van der Waals surface area contributed by atoms with E-state index in [9.17, 15) is 14.9 Å². The summed E-state index contributed by atoms with van der Waals surface area (Å²) >= 11 is 0. The van der Waals surface area contributed by atoms with Crippen LogP contribution in [-0.2, 0) is 4.79 Å². The van der Waals surface area contributed by atoms with Crippen LogP contribution < -0.4 is 0 Å². The lowest BCUT2D eigenvalue weighted by molar-refractivity contribution is -0.487. The molecule has 0 aliphatic heterocycles. The molecule has 0 aromatic carbocycles. The summed E-state index contributed by atoms with van der Waals surface area (Å²) < 4.78 is 0. The molecule has 0 fully saturated rings. The molecule has 0 amide bonds. The van der Waals surface area contributed by atoms with Crippen molar-refractivity contribution in [2.75, 3.05) is 6.54 Å². The van der Waals surface area contributed by atoms with Crippen LogP contribution in [0.25, 0.3) is 0 Å². The minimum atomic E-state index is -0.991. The first-order valence-electron chi connectivity index (χ1n) is 4.59. The SMILES string of the molecule is CC(C)C.C[C@@H](CC(=O)O)C[N+](=O)[O-]. The molecule has 0 heterocycles. The molecule has 14 heavy (non-hydrogen) atoms. The van der Waals surface area contributed by atoms with Gasteiger partial charge in [0.1, 0.15) is 0 Å². The van der Waals surface area contributed by atoms with Gasteiger partial charge in [-0.05, 0) is 5.92 Å². The second kappa shape index (κ2) is 8.47. The Hall–Kier alpha value is -1.13. The van der Waals surface area contributed by atoms with Crippen molar-refractivity contribution >= 4 is 5.97 Å². The second-order valence-electron chi connectivity index (χ2n) is 3.95. The molecular formula is C9H19NO4. The molecule has 1 atom stereocenters. The number of nitrogens with zero attached hydrogens (tertiary/aromatic N) is 1. The van der Waals surface area contributed by atoms with E-state index in [0.29, 0.717) is 0 Å². The minimum Gasteiger partial charge on any atom is -0.481 e. The van der Waals surface area contributed by atoms with Gasteiger partial charge < -0.3 is 5.11 Å². The fraction of sp³-hybridized carbons (Fsp3) is 0.889. The van der Waals surface area contributed by atoms with Gasteiger partial charge in [0.15, 0.2) is 0 Å². The Bertz CT molecular complexity index is 161. The zero-order valence-electron chi connectivity index (χ0n) is 9.19. The number of rotatable bonds is 4. The van der Waals surface area contributed by atoms with Crippen LogP contribution in [0.15, 0.2) is 0 Å². The zero-order valence-corrected chi connectivity index (χ0v) is 9.19. The third-order valence-electron chi connectivity index (χ3n) is 0.984. The second-order valence-corrected chi connectivity index (χ2v) is 3.95. The van der Waals surface area contributed by atoms with E-state index in [4.69, 9.17) is 5.11 Å². The Morgan fingerprint density at radius 3 is 1.93 bits per heavy atom. The van der Waals surface area contributed by atoms with Crippen LogP contribution in [-0.4, -0.2) is 22.5 Å². The van der Waals surface area contributed by atoms with Crippen molar-refractivity contribution in [2.24, 2.45) is 11.8 Å². The number of hydrogen-bond donors (Lipinski definition) is 1. The van der Waals surface area contributed by atoms with E-state index in [2.05, 4.69) is 20.8 Å². The van der Waals surface area contributed by atoms with Gasteiger partial charge in [0.05, 0.1) is 6.42 Å². The smallest absolute Gasteiger partial charge is 0.303 e. The highest BCUT2D eigenvalue weighted by atomic mass is 16.6. The fourth-order valence-corrected chi connectivity index (χ4v) is 0.617. The average Bonchev–Trinajstić information content (AvgIpc) is 1.79. The number of carboxylic acids is 1. The number of aliphatic carboxylic acids is 1. The van der Waals surface area contributed by atoms with Gasteiger partial charge in [-0.1, -0.05) is 27.7 Å². The highest BCUT2D eigenvalue weighted by molar-refractivity contribution is 5.66. The average molecular weight is 205 g/mol. The zero-order chi connectivity index (χ0) is 11.7. The van der Waals surface area contributed by atoms with Crippen LogP contribution in [0, 0.1) is 22.0 Å². The van der Waals surface area contributed by atoms with Gasteiger partial charge in [0.25, 0.3) is 0 Å². The van der Waals surface area contributed by atoms with Gasteiger partial charge >= 0.3 is 5.97 Å². The molecule has 0 aliphatic rings. The van der Waals surface area contributed by atoms with Crippen molar-refractivity contribution in [3.05, 3.63) is 10.1 Å². The van der Waals surface area contributed by atoms with Crippen molar-refractivity contribution in [1.29, 1.82) is 0 Å². The van der Waals surface area contributed by atoms with E-state index in [1.54, 1.807) is 0 Å². The third-order valence-corrected chi connectivity index (χ3v) is 0.984. The molecule has 0 aliphatic carbocycles. The normalized spacial score (nSPS) is 11.5. The van der Waals surface area contributed by atoms with Crippen LogP contribution in [0.5, 0.6) is 0 Å². The van der Waals surface area contributed by atoms with Crippen molar-refractivity contribution in [3.63, 3.8) is 0 Å². The molecule has 0 saturated heterocycles. The standard InChI is InChI=1S/C5H9NO4.C4H10/c1-4(2-5(7)8)3-6(9)10;1-4(2)3/h4H,2-3H2,1H3,(H,7,8);4H,1-3H3/t4-;/m0./s1. The lowest BCUT2D eigenvalue weighted by Gasteiger charge is -2.00. The van der Waals surface area contributed by atoms with E-state index in [1.807, 2.05) is 0 Å². The van der Waals surface area contributed by atoms with Gasteiger partial charge in [0.2, 0.25) is 6.54 Å². The minimum absolute atomic E-state index is 0.138. The molecule has 5 heteroatoms. The number of carboxylic acid groups (broad SMARTS) is 1. The summed E-state index contributed by atoms with van der Waals surface area (Å²) in [5.74, 6) is -0.540. The lowest BCUT2D eigenvalue weighted by Crippen LogP contribution is -2.14. The maximum Gasteiger partial charge on any atom is 0.303 e. The molecule has 0 radical (unpaired) electrons. The fourth-order valence-electron chi connectivity index (χ4n) is 0.617. The monoisotopic (exact) mass is 205 g/mol. The summed E-state index contributed by atoms with van der Waals surface area (Å²) in [5, 5.41) is 18.0. The van der Waals surface area contributed by atoms with E-state index in [1.165, 1.54) is 6.92 Å². The third kappa shape index (κ3) is 22.4. The number of carbonyl (C=O) groups is 1. The Morgan fingerprint density at radius 2 is 1.71 bits per heavy atom. The molecular weight excluding hydrogens is 186 g/mol. The van der Waals surface area contributed by atoms with Crippen LogP contribution in [0.2, 0.25) is 0 Å². The maximum absolute atomic E-state index is 9.97. The van der Waals surface area contributed by atoms with Crippen LogP contribution in [0.1, 0.15) is 34.1 Å². The number of nitro groups is 1. The Morgan fingerprint density at radius 1 is 1.36 bits per heavy atom. The van der Waals surface area contributed by atoms with E-state index >= 15 is 0 Å². The van der Waals surface area contributed by atoms with Gasteiger partial charge in [-0.25, -0.2) is 0 Å². The number of hydrogen-bond acceptors (Lipinski definition) is 3. The van der Waals surface area contributed by atoms with Gasteiger partial charge in [-0.3, -0.25) is 14.9 Å². The topological polar surface area (TPSA) is 80.4 Å². The lowest BCUT2D eigenvalue weighted by atomic mass is 10.1. The van der Waals surface area contributed by atoms with Crippen LogP contribution in [0.3, 0.4) is 0 Å². The maximum atomic E-state index is 9.97. The van der Waals surface area contributed by atoms with Crippen molar-refractivity contribution in [2.45, 2.75) is 34.1 Å². The van der Waals surface area contributed by atoms with Crippen LogP contribution >= 0.6 is 0 Å². The summed E-state index contributed by atoms with van der Waals surface area (Å²) in [4.78, 5) is 19.3. The van der Waals surface area contributed by atoms with Gasteiger partial charge in [-0.15, -0.1) is 0 Å². The highest BCUT2D eigenvalue weighted by Crippen LogP contribution is 2.00. The largest absolute Gasteiger partial charge is 0.481 e. The predicted octanol–water partition coefficient (Wildman–Crippen LogP) is 2.04. The quantitative estimate of drug-likeness (QED) is 0.562. The molecule has 1 N–H and O–H groups in total. The summed E-state index contributed by atoms with van der Waals surface area (Å²) in [6.07, 6.45) is -0.138. The van der Waals surface area contributed by atoms with Crippen LogP contribution in [0.4, 0.5) is 0 Å². The Labute approximate surface area is 84.3 Å². The first-order valence-corrected chi connectivity index (χ1v) is 4.59. The summed E-state index contributed by atoms with van der Waals surface area (Å²) in [5.41, 5.74) is 0. The van der Waals surface area contributed by atoms with Crippen molar-refractivity contribution in [3.8, 4) is 0 Å². The molecule has 84 valence electrons. The summed E-state index contributed by atoms with van der Waals surface area (Å²) in [6, 6.07) is 0. The van der Waals surface area contributed by atoms with Gasteiger partial charge in [0, 0.05) is 10.8 Å². The summed E-state index contributed by atoms with van der Waals surface area (Å²) in [7, 11) is 0. The molecule has 0 bridgehead atoms. The molecule has 0 aromatic heterocycles.